The Labute approximate surface area is 146 Å². The van der Waals surface area contributed by atoms with Gasteiger partial charge in [0.2, 0.25) is 0 Å². The molecule has 3 heterocycles. The van der Waals surface area contributed by atoms with Gasteiger partial charge in [0.1, 0.15) is 5.69 Å². The van der Waals surface area contributed by atoms with E-state index in [4.69, 9.17) is 5.10 Å². The summed E-state index contributed by atoms with van der Waals surface area (Å²) in [5.41, 5.74) is 7.31. The Bertz CT molecular complexity index is 950. The molecular weight excluding hydrogens is 310 g/mol. The van der Waals surface area contributed by atoms with Crippen LogP contribution in [0.3, 0.4) is 0 Å². The van der Waals surface area contributed by atoms with Crippen LogP contribution in [-0.4, -0.2) is 21.3 Å². The molecule has 0 atom stereocenters. The summed E-state index contributed by atoms with van der Waals surface area (Å²) in [5, 5.41) is 17.6. The lowest BCUT2D eigenvalue weighted by Gasteiger charge is -2.16. The first kappa shape index (κ1) is 15.6. The molecule has 0 radical (unpaired) electrons. The van der Waals surface area contributed by atoms with E-state index in [2.05, 4.69) is 34.0 Å². The number of aryl methyl sites for hydroxylation is 1. The van der Waals surface area contributed by atoms with Gasteiger partial charge in [0.05, 0.1) is 23.9 Å². The third-order valence-corrected chi connectivity index (χ3v) is 4.70. The van der Waals surface area contributed by atoms with Crippen LogP contribution < -0.4 is 5.32 Å². The standard InChI is InChI=1S/C20H19N5/c1-2-14-11-16(3-4-17(14)12-21)20-19(15-5-7-22-8-6-15)18-13-23-9-10-25(18)24-20/h3-8,11,23H,2,9-10,13H2,1H3. The second kappa shape index (κ2) is 6.50. The van der Waals surface area contributed by atoms with Gasteiger partial charge in [-0.1, -0.05) is 13.0 Å². The van der Waals surface area contributed by atoms with Gasteiger partial charge in [-0.25, -0.2) is 0 Å². The molecule has 5 nitrogen and oxygen atoms in total. The van der Waals surface area contributed by atoms with Crippen LogP contribution in [0.4, 0.5) is 0 Å². The molecule has 0 aliphatic carbocycles. The fourth-order valence-corrected chi connectivity index (χ4v) is 3.42. The second-order valence-corrected chi connectivity index (χ2v) is 6.14. The number of nitrogens with zero attached hydrogens (tertiary/aromatic N) is 4. The number of hydrogen-bond donors (Lipinski definition) is 1. The monoisotopic (exact) mass is 329 g/mol. The van der Waals surface area contributed by atoms with E-state index in [1.807, 2.05) is 36.7 Å². The van der Waals surface area contributed by atoms with Crippen LogP contribution in [0, 0.1) is 11.3 Å². The van der Waals surface area contributed by atoms with E-state index >= 15 is 0 Å². The van der Waals surface area contributed by atoms with Gasteiger partial charge in [-0.15, -0.1) is 0 Å². The molecule has 3 aromatic rings. The molecule has 1 aliphatic rings. The molecule has 0 saturated carbocycles. The highest BCUT2D eigenvalue weighted by molar-refractivity contribution is 5.83. The number of hydrogen-bond acceptors (Lipinski definition) is 4. The number of nitrogens with one attached hydrogen (secondary N) is 1. The lowest BCUT2D eigenvalue weighted by atomic mass is 9.96. The van der Waals surface area contributed by atoms with Gasteiger partial charge >= 0.3 is 0 Å². The Morgan fingerprint density at radius 3 is 2.80 bits per heavy atom. The van der Waals surface area contributed by atoms with Gasteiger partial charge in [0.15, 0.2) is 0 Å². The van der Waals surface area contributed by atoms with Crippen LogP contribution >= 0.6 is 0 Å². The van der Waals surface area contributed by atoms with Gasteiger partial charge in [-0.2, -0.15) is 10.4 Å². The molecule has 1 aromatic carbocycles. The molecule has 0 bridgehead atoms. The van der Waals surface area contributed by atoms with E-state index in [1.54, 1.807) is 0 Å². The minimum atomic E-state index is 0.738. The van der Waals surface area contributed by atoms with Crippen molar-refractivity contribution in [1.82, 2.24) is 20.1 Å². The highest BCUT2D eigenvalue weighted by atomic mass is 15.3. The molecule has 4 rings (SSSR count). The van der Waals surface area contributed by atoms with Crippen molar-refractivity contribution in [2.75, 3.05) is 6.54 Å². The van der Waals surface area contributed by atoms with Crippen molar-refractivity contribution in [2.24, 2.45) is 0 Å². The minimum absolute atomic E-state index is 0.738. The smallest absolute Gasteiger partial charge is 0.100 e. The van der Waals surface area contributed by atoms with Crippen molar-refractivity contribution >= 4 is 0 Å². The predicted octanol–water partition coefficient (Wildman–Crippen LogP) is 3.15. The fourth-order valence-electron chi connectivity index (χ4n) is 3.42. The van der Waals surface area contributed by atoms with E-state index in [9.17, 15) is 5.26 Å². The Balaban J connectivity index is 1.94. The summed E-state index contributed by atoms with van der Waals surface area (Å²) in [6.07, 6.45) is 4.46. The quantitative estimate of drug-likeness (QED) is 0.801. The van der Waals surface area contributed by atoms with Gasteiger partial charge < -0.3 is 5.32 Å². The zero-order chi connectivity index (χ0) is 17.2. The number of rotatable bonds is 3. The van der Waals surface area contributed by atoms with Crippen LogP contribution in [0.1, 0.15) is 23.7 Å². The first-order chi connectivity index (χ1) is 12.3. The SMILES string of the molecule is CCc1cc(-c2nn3c(c2-c2ccncc2)CNCC3)ccc1C#N. The van der Waals surface area contributed by atoms with E-state index in [1.165, 1.54) is 5.69 Å². The van der Waals surface area contributed by atoms with Crippen LogP contribution in [-0.2, 0) is 19.5 Å². The number of aromatic nitrogens is 3. The van der Waals surface area contributed by atoms with Gasteiger partial charge in [-0.3, -0.25) is 9.67 Å². The lowest BCUT2D eigenvalue weighted by Crippen LogP contribution is -2.28. The second-order valence-electron chi connectivity index (χ2n) is 6.14. The van der Waals surface area contributed by atoms with E-state index in [0.717, 1.165) is 59.6 Å². The maximum Gasteiger partial charge on any atom is 0.100 e. The minimum Gasteiger partial charge on any atom is -0.309 e. The Morgan fingerprint density at radius 2 is 2.04 bits per heavy atom. The molecule has 124 valence electrons. The summed E-state index contributed by atoms with van der Waals surface area (Å²) in [4.78, 5) is 4.14. The molecular formula is C20H19N5. The summed E-state index contributed by atoms with van der Waals surface area (Å²) < 4.78 is 2.10. The van der Waals surface area contributed by atoms with Crippen molar-refractivity contribution in [3.8, 4) is 28.5 Å². The Hall–Kier alpha value is -2.97. The van der Waals surface area contributed by atoms with Gasteiger partial charge in [0, 0.05) is 36.6 Å². The third kappa shape index (κ3) is 2.71. The van der Waals surface area contributed by atoms with Crippen molar-refractivity contribution in [1.29, 1.82) is 5.26 Å². The average molecular weight is 329 g/mol. The van der Waals surface area contributed by atoms with E-state index in [-0.39, 0.29) is 0 Å². The maximum atomic E-state index is 9.29. The molecule has 5 heteroatoms. The molecule has 1 aliphatic heterocycles. The summed E-state index contributed by atoms with van der Waals surface area (Å²) in [6.45, 7) is 4.68. The first-order valence-corrected chi connectivity index (χ1v) is 8.56. The molecule has 0 fully saturated rings. The van der Waals surface area contributed by atoms with Crippen LogP contribution in [0.2, 0.25) is 0 Å². The maximum absolute atomic E-state index is 9.29. The van der Waals surface area contributed by atoms with Gasteiger partial charge in [0.25, 0.3) is 0 Å². The highest BCUT2D eigenvalue weighted by Crippen LogP contribution is 2.35. The lowest BCUT2D eigenvalue weighted by molar-refractivity contribution is 0.477. The van der Waals surface area contributed by atoms with E-state index in [0.29, 0.717) is 0 Å². The Kier molecular flexibility index (Phi) is 4.04. The third-order valence-electron chi connectivity index (χ3n) is 4.70. The van der Waals surface area contributed by atoms with Crippen LogP contribution in [0.5, 0.6) is 0 Å². The van der Waals surface area contributed by atoms with Crippen LogP contribution in [0.25, 0.3) is 22.4 Å². The van der Waals surface area contributed by atoms with Crippen LogP contribution in [0.15, 0.2) is 42.7 Å². The summed E-state index contributed by atoms with van der Waals surface area (Å²) >= 11 is 0. The van der Waals surface area contributed by atoms with Crippen molar-refractivity contribution in [3.05, 3.63) is 59.5 Å². The van der Waals surface area contributed by atoms with Crippen molar-refractivity contribution < 1.29 is 0 Å². The zero-order valence-corrected chi connectivity index (χ0v) is 14.2. The number of nitriles is 1. The summed E-state index contributed by atoms with van der Waals surface area (Å²) in [5.74, 6) is 0. The molecule has 0 amide bonds. The first-order valence-electron chi connectivity index (χ1n) is 8.56. The highest BCUT2D eigenvalue weighted by Gasteiger charge is 2.22. The molecule has 25 heavy (non-hydrogen) atoms. The summed E-state index contributed by atoms with van der Waals surface area (Å²) in [6, 6.07) is 12.3. The van der Waals surface area contributed by atoms with Crippen molar-refractivity contribution in [2.45, 2.75) is 26.4 Å². The number of pyridine rings is 1. The van der Waals surface area contributed by atoms with Gasteiger partial charge in [-0.05, 0) is 41.8 Å². The molecule has 0 spiro atoms. The molecule has 0 saturated heterocycles. The normalized spacial score (nSPS) is 13.3. The fraction of sp³-hybridized carbons (Fsp3) is 0.250. The Morgan fingerprint density at radius 1 is 1.20 bits per heavy atom. The average Bonchev–Trinajstić information content (AvgIpc) is 3.07. The molecule has 2 aromatic heterocycles. The molecule has 1 N–H and O–H groups in total. The number of benzene rings is 1. The topological polar surface area (TPSA) is 66.5 Å². The number of fused-ring (bicyclic) bond motifs is 1. The predicted molar refractivity (Wildman–Crippen MR) is 96.7 cm³/mol. The summed E-state index contributed by atoms with van der Waals surface area (Å²) in [7, 11) is 0. The van der Waals surface area contributed by atoms with E-state index < -0.39 is 0 Å². The molecule has 0 unspecified atom stereocenters. The van der Waals surface area contributed by atoms with Crippen molar-refractivity contribution in [3.63, 3.8) is 0 Å². The largest absolute Gasteiger partial charge is 0.309 e. The zero-order valence-electron chi connectivity index (χ0n) is 14.2.